The highest BCUT2D eigenvalue weighted by Crippen LogP contribution is 2.52. The topological polar surface area (TPSA) is 37.4 Å². The third-order valence-electron chi connectivity index (χ3n) is 5.16. The van der Waals surface area contributed by atoms with Crippen molar-refractivity contribution in [2.45, 2.75) is 61.3 Å². The van der Waals surface area contributed by atoms with Crippen molar-refractivity contribution in [2.75, 3.05) is 6.54 Å². The lowest BCUT2D eigenvalue weighted by Crippen LogP contribution is -2.63. The van der Waals surface area contributed by atoms with Gasteiger partial charge in [-0.1, -0.05) is 54.9 Å². The van der Waals surface area contributed by atoms with Crippen LogP contribution in [0.1, 0.15) is 61.3 Å². The van der Waals surface area contributed by atoms with E-state index in [-0.39, 0.29) is 23.1 Å². The van der Waals surface area contributed by atoms with Crippen LogP contribution in [0.25, 0.3) is 0 Å². The normalized spacial score (nSPS) is 31.2. The van der Waals surface area contributed by atoms with Crippen LogP contribution in [0.2, 0.25) is 0 Å². The molecule has 0 N–H and O–H groups in total. The smallest absolute Gasteiger partial charge is 0.235 e. The average molecular weight is 267 g/mol. The first-order valence-electron chi connectivity index (χ1n) is 7.45. The Balaban J connectivity index is 3.23. The molecule has 1 aliphatic rings. The second kappa shape index (κ2) is 5.26. The predicted octanol–water partition coefficient (Wildman–Crippen LogP) is 3.48. The third kappa shape index (κ3) is 2.44. The molecule has 0 aliphatic carbocycles. The van der Waals surface area contributed by atoms with E-state index in [1.807, 2.05) is 27.7 Å². The molecule has 0 aromatic rings. The molecule has 110 valence electrons. The van der Waals surface area contributed by atoms with Crippen LogP contribution in [0.5, 0.6) is 0 Å². The molecular formula is C16H29NO2. The molecule has 1 aliphatic heterocycles. The number of piperidine rings is 1. The molecule has 3 heteroatoms. The summed E-state index contributed by atoms with van der Waals surface area (Å²) in [6, 6.07) is 0. The summed E-state index contributed by atoms with van der Waals surface area (Å²) in [5, 5.41) is 0. The SMILES string of the molecule is CCCC1(C)C(=O)N(CC(C)C)C(=O)C(C)C1(C)C. The predicted molar refractivity (Wildman–Crippen MR) is 77.5 cm³/mol. The number of amides is 2. The summed E-state index contributed by atoms with van der Waals surface area (Å²) in [6.07, 6.45) is 1.80. The van der Waals surface area contributed by atoms with Gasteiger partial charge in [0.1, 0.15) is 0 Å². The van der Waals surface area contributed by atoms with E-state index in [0.717, 1.165) is 12.8 Å². The van der Waals surface area contributed by atoms with Gasteiger partial charge < -0.3 is 0 Å². The number of likely N-dealkylation sites (tertiary alicyclic amines) is 1. The van der Waals surface area contributed by atoms with Gasteiger partial charge in [0.25, 0.3) is 0 Å². The zero-order valence-corrected chi connectivity index (χ0v) is 13.5. The third-order valence-corrected chi connectivity index (χ3v) is 5.16. The molecule has 0 spiro atoms. The summed E-state index contributed by atoms with van der Waals surface area (Å²) >= 11 is 0. The van der Waals surface area contributed by atoms with E-state index >= 15 is 0 Å². The van der Waals surface area contributed by atoms with E-state index in [9.17, 15) is 9.59 Å². The molecule has 3 nitrogen and oxygen atoms in total. The van der Waals surface area contributed by atoms with Gasteiger partial charge in [0.15, 0.2) is 0 Å². The minimum atomic E-state index is -0.441. The van der Waals surface area contributed by atoms with Crippen molar-refractivity contribution in [3.05, 3.63) is 0 Å². The molecule has 1 fully saturated rings. The lowest BCUT2D eigenvalue weighted by Gasteiger charge is -2.53. The Morgan fingerprint density at radius 1 is 1.21 bits per heavy atom. The van der Waals surface area contributed by atoms with Crippen molar-refractivity contribution in [2.24, 2.45) is 22.7 Å². The van der Waals surface area contributed by atoms with Gasteiger partial charge >= 0.3 is 0 Å². The van der Waals surface area contributed by atoms with E-state index in [1.165, 1.54) is 4.90 Å². The molecule has 0 bridgehead atoms. The van der Waals surface area contributed by atoms with E-state index in [2.05, 4.69) is 20.8 Å². The van der Waals surface area contributed by atoms with Crippen LogP contribution in [-0.4, -0.2) is 23.3 Å². The fraction of sp³-hybridized carbons (Fsp3) is 0.875. The van der Waals surface area contributed by atoms with Crippen LogP contribution in [-0.2, 0) is 9.59 Å². The first-order chi connectivity index (χ1) is 8.59. The molecule has 2 atom stereocenters. The van der Waals surface area contributed by atoms with Gasteiger partial charge in [-0.2, -0.15) is 0 Å². The maximum atomic E-state index is 12.8. The number of imide groups is 1. The Labute approximate surface area is 117 Å². The second-order valence-electron chi connectivity index (χ2n) is 7.17. The number of carbonyl (C=O) groups is 2. The largest absolute Gasteiger partial charge is 0.282 e. The molecule has 0 radical (unpaired) electrons. The van der Waals surface area contributed by atoms with Crippen molar-refractivity contribution in [3.8, 4) is 0 Å². The molecule has 19 heavy (non-hydrogen) atoms. The summed E-state index contributed by atoms with van der Waals surface area (Å²) in [4.78, 5) is 26.8. The average Bonchev–Trinajstić information content (AvgIpc) is 2.31. The molecule has 1 rings (SSSR count). The highest BCUT2D eigenvalue weighted by Gasteiger charge is 2.58. The van der Waals surface area contributed by atoms with E-state index in [1.54, 1.807) is 0 Å². The van der Waals surface area contributed by atoms with Crippen molar-refractivity contribution < 1.29 is 9.59 Å². The second-order valence-corrected chi connectivity index (χ2v) is 7.17. The van der Waals surface area contributed by atoms with Gasteiger partial charge in [-0.3, -0.25) is 14.5 Å². The number of carbonyl (C=O) groups excluding carboxylic acids is 2. The van der Waals surface area contributed by atoms with Crippen LogP contribution in [0.3, 0.4) is 0 Å². The minimum Gasteiger partial charge on any atom is -0.282 e. The molecule has 0 aromatic carbocycles. The quantitative estimate of drug-likeness (QED) is 0.731. The van der Waals surface area contributed by atoms with Gasteiger partial charge in [0.05, 0.1) is 5.41 Å². The zero-order chi connectivity index (χ0) is 15.0. The number of hydrogen-bond donors (Lipinski definition) is 0. The highest BCUT2D eigenvalue weighted by atomic mass is 16.2. The molecule has 2 unspecified atom stereocenters. The Hall–Kier alpha value is -0.860. The zero-order valence-electron chi connectivity index (χ0n) is 13.5. The summed E-state index contributed by atoms with van der Waals surface area (Å²) in [7, 11) is 0. The fourth-order valence-electron chi connectivity index (χ4n) is 3.16. The van der Waals surface area contributed by atoms with Gasteiger partial charge in [0, 0.05) is 12.5 Å². The molecular weight excluding hydrogens is 238 g/mol. The van der Waals surface area contributed by atoms with Gasteiger partial charge in [-0.25, -0.2) is 0 Å². The monoisotopic (exact) mass is 267 g/mol. The van der Waals surface area contributed by atoms with Gasteiger partial charge in [-0.05, 0) is 17.8 Å². The maximum absolute atomic E-state index is 12.8. The van der Waals surface area contributed by atoms with Crippen molar-refractivity contribution >= 4 is 11.8 Å². The highest BCUT2D eigenvalue weighted by molar-refractivity contribution is 6.02. The molecule has 0 saturated carbocycles. The first kappa shape index (κ1) is 16.2. The maximum Gasteiger partial charge on any atom is 0.235 e. The Morgan fingerprint density at radius 3 is 2.16 bits per heavy atom. The summed E-state index contributed by atoms with van der Waals surface area (Å²) in [5.74, 6) is 0.223. The summed E-state index contributed by atoms with van der Waals surface area (Å²) < 4.78 is 0. The molecule has 1 saturated heterocycles. The minimum absolute atomic E-state index is 0.00252. The van der Waals surface area contributed by atoms with E-state index < -0.39 is 5.41 Å². The number of nitrogens with zero attached hydrogens (tertiary/aromatic N) is 1. The molecule has 1 heterocycles. The first-order valence-corrected chi connectivity index (χ1v) is 7.45. The Bertz CT molecular complexity index is 373. The lowest BCUT2D eigenvalue weighted by atomic mass is 9.55. The van der Waals surface area contributed by atoms with Crippen LogP contribution in [0.15, 0.2) is 0 Å². The Kier molecular flexibility index (Phi) is 4.48. The van der Waals surface area contributed by atoms with Crippen molar-refractivity contribution in [3.63, 3.8) is 0 Å². The lowest BCUT2D eigenvalue weighted by molar-refractivity contribution is -0.175. The van der Waals surface area contributed by atoms with Crippen LogP contribution in [0, 0.1) is 22.7 Å². The van der Waals surface area contributed by atoms with E-state index in [4.69, 9.17) is 0 Å². The summed E-state index contributed by atoms with van der Waals surface area (Å²) in [5.41, 5.74) is -0.728. The molecule has 2 amide bonds. The van der Waals surface area contributed by atoms with Crippen LogP contribution in [0.4, 0.5) is 0 Å². The van der Waals surface area contributed by atoms with Gasteiger partial charge in [-0.15, -0.1) is 0 Å². The number of hydrogen-bond acceptors (Lipinski definition) is 2. The fourth-order valence-corrected chi connectivity index (χ4v) is 3.16. The Morgan fingerprint density at radius 2 is 1.74 bits per heavy atom. The van der Waals surface area contributed by atoms with Crippen LogP contribution < -0.4 is 0 Å². The van der Waals surface area contributed by atoms with Crippen molar-refractivity contribution in [1.82, 2.24) is 4.90 Å². The summed E-state index contributed by atoms with van der Waals surface area (Å²) in [6.45, 7) is 14.9. The number of rotatable bonds is 4. The van der Waals surface area contributed by atoms with Crippen molar-refractivity contribution in [1.29, 1.82) is 0 Å². The van der Waals surface area contributed by atoms with E-state index in [0.29, 0.717) is 12.5 Å². The van der Waals surface area contributed by atoms with Crippen LogP contribution >= 0.6 is 0 Å². The van der Waals surface area contributed by atoms with Gasteiger partial charge in [0.2, 0.25) is 11.8 Å². The standard InChI is InChI=1S/C16H29NO2/c1-8-9-16(7)14(19)17(10-11(2)3)13(18)12(4)15(16,5)6/h11-12H,8-10H2,1-7H3. The molecule has 0 aromatic heterocycles.